The van der Waals surface area contributed by atoms with E-state index in [9.17, 15) is 0 Å². The van der Waals surface area contributed by atoms with Crippen molar-refractivity contribution in [2.24, 2.45) is 0 Å². The van der Waals surface area contributed by atoms with Crippen molar-refractivity contribution >= 4 is 5.95 Å². The highest BCUT2D eigenvalue weighted by atomic mass is 16.5. The minimum Gasteiger partial charge on any atom is -0.481 e. The molecule has 72 valence electrons. The van der Waals surface area contributed by atoms with Gasteiger partial charge in [0.15, 0.2) is 0 Å². The van der Waals surface area contributed by atoms with E-state index >= 15 is 0 Å². The van der Waals surface area contributed by atoms with Crippen LogP contribution in [0, 0.1) is 0 Å². The SMILES string of the molecule is COc1cc(OCCO)nc(N)n1. The molecule has 6 nitrogen and oxygen atoms in total. The zero-order chi connectivity index (χ0) is 9.68. The summed E-state index contributed by atoms with van der Waals surface area (Å²) < 4.78 is 9.86. The molecule has 0 radical (unpaired) electrons. The van der Waals surface area contributed by atoms with E-state index in [0.29, 0.717) is 11.8 Å². The van der Waals surface area contributed by atoms with E-state index in [0.717, 1.165) is 0 Å². The van der Waals surface area contributed by atoms with Crippen LogP contribution in [0.25, 0.3) is 0 Å². The van der Waals surface area contributed by atoms with E-state index in [1.165, 1.54) is 13.2 Å². The van der Waals surface area contributed by atoms with Gasteiger partial charge in [0, 0.05) is 0 Å². The first-order valence-corrected chi connectivity index (χ1v) is 3.68. The summed E-state index contributed by atoms with van der Waals surface area (Å²) >= 11 is 0. The van der Waals surface area contributed by atoms with Crippen LogP contribution in [0.15, 0.2) is 6.07 Å². The Morgan fingerprint density at radius 2 is 2.15 bits per heavy atom. The Morgan fingerprint density at radius 3 is 2.77 bits per heavy atom. The minimum absolute atomic E-state index is 0.0762. The lowest BCUT2D eigenvalue weighted by Gasteiger charge is -2.05. The maximum atomic E-state index is 8.49. The molecule has 6 heteroatoms. The van der Waals surface area contributed by atoms with Crippen LogP contribution in [-0.2, 0) is 0 Å². The Bertz CT molecular complexity index is 280. The number of hydrogen-bond donors (Lipinski definition) is 2. The molecule has 1 aromatic rings. The van der Waals surface area contributed by atoms with Crippen molar-refractivity contribution in [3.8, 4) is 11.8 Å². The third kappa shape index (κ3) is 2.75. The molecular formula is C7H11N3O3. The van der Waals surface area contributed by atoms with Crippen molar-refractivity contribution in [2.45, 2.75) is 0 Å². The second kappa shape index (κ2) is 4.46. The van der Waals surface area contributed by atoms with Crippen LogP contribution in [0.5, 0.6) is 11.8 Å². The summed E-state index contributed by atoms with van der Waals surface area (Å²) in [6.07, 6.45) is 0. The fourth-order valence-corrected chi connectivity index (χ4v) is 0.750. The third-order valence-electron chi connectivity index (χ3n) is 1.25. The predicted octanol–water partition coefficient (Wildman–Crippen LogP) is -0.562. The predicted molar refractivity (Wildman–Crippen MR) is 45.6 cm³/mol. The van der Waals surface area contributed by atoms with Crippen molar-refractivity contribution in [1.82, 2.24) is 9.97 Å². The number of ether oxygens (including phenoxy) is 2. The zero-order valence-corrected chi connectivity index (χ0v) is 7.23. The van der Waals surface area contributed by atoms with Gasteiger partial charge in [-0.05, 0) is 0 Å². The Hall–Kier alpha value is -1.56. The molecule has 0 saturated heterocycles. The summed E-state index contributed by atoms with van der Waals surface area (Å²) in [6.45, 7) is 0.0891. The van der Waals surface area contributed by atoms with Crippen molar-refractivity contribution in [3.05, 3.63) is 6.07 Å². The fraction of sp³-hybridized carbons (Fsp3) is 0.429. The number of aliphatic hydroxyl groups is 1. The Labute approximate surface area is 75.3 Å². The monoisotopic (exact) mass is 185 g/mol. The lowest BCUT2D eigenvalue weighted by Crippen LogP contribution is -2.05. The van der Waals surface area contributed by atoms with Crippen molar-refractivity contribution in [2.75, 3.05) is 26.1 Å². The van der Waals surface area contributed by atoms with E-state index in [1.807, 2.05) is 0 Å². The zero-order valence-electron chi connectivity index (χ0n) is 7.23. The van der Waals surface area contributed by atoms with Gasteiger partial charge in [0.1, 0.15) is 6.61 Å². The summed E-state index contributed by atoms with van der Waals surface area (Å²) in [5, 5.41) is 8.49. The van der Waals surface area contributed by atoms with Gasteiger partial charge in [-0.15, -0.1) is 0 Å². The smallest absolute Gasteiger partial charge is 0.226 e. The van der Waals surface area contributed by atoms with Gasteiger partial charge in [-0.25, -0.2) is 0 Å². The molecule has 0 bridgehead atoms. The normalized spacial score (nSPS) is 9.69. The third-order valence-corrected chi connectivity index (χ3v) is 1.25. The number of anilines is 1. The van der Waals surface area contributed by atoms with E-state index in [2.05, 4.69) is 9.97 Å². The number of nitrogens with zero attached hydrogens (tertiary/aromatic N) is 2. The van der Waals surface area contributed by atoms with Crippen LogP contribution in [-0.4, -0.2) is 35.4 Å². The van der Waals surface area contributed by atoms with Gasteiger partial charge in [-0.1, -0.05) is 0 Å². The molecule has 1 heterocycles. The van der Waals surface area contributed by atoms with Gasteiger partial charge in [0.05, 0.1) is 19.8 Å². The van der Waals surface area contributed by atoms with Crippen molar-refractivity contribution in [1.29, 1.82) is 0 Å². The average molecular weight is 185 g/mol. The quantitative estimate of drug-likeness (QED) is 0.653. The summed E-state index contributed by atoms with van der Waals surface area (Å²) in [4.78, 5) is 7.53. The number of aliphatic hydroxyl groups excluding tert-OH is 1. The van der Waals surface area contributed by atoms with Gasteiger partial charge in [0.25, 0.3) is 0 Å². The molecule has 0 aliphatic heterocycles. The second-order valence-corrected chi connectivity index (χ2v) is 2.18. The number of methoxy groups -OCH3 is 1. The second-order valence-electron chi connectivity index (χ2n) is 2.18. The topological polar surface area (TPSA) is 90.5 Å². The minimum atomic E-state index is -0.0772. The molecule has 0 saturated carbocycles. The molecule has 3 N–H and O–H groups in total. The molecule has 0 amide bonds. The molecule has 0 unspecified atom stereocenters. The average Bonchev–Trinajstić information content (AvgIpc) is 2.14. The lowest BCUT2D eigenvalue weighted by molar-refractivity contribution is 0.196. The van der Waals surface area contributed by atoms with Gasteiger partial charge in [-0.2, -0.15) is 9.97 Å². The van der Waals surface area contributed by atoms with Gasteiger partial charge in [-0.3, -0.25) is 0 Å². The number of rotatable bonds is 4. The molecule has 0 aliphatic rings. The van der Waals surface area contributed by atoms with E-state index in [4.69, 9.17) is 20.3 Å². The Morgan fingerprint density at radius 1 is 1.46 bits per heavy atom. The number of nitrogen functional groups attached to an aromatic ring is 1. The molecular weight excluding hydrogens is 174 g/mol. The van der Waals surface area contributed by atoms with Crippen LogP contribution in [0.2, 0.25) is 0 Å². The van der Waals surface area contributed by atoms with E-state index in [1.54, 1.807) is 0 Å². The van der Waals surface area contributed by atoms with Crippen molar-refractivity contribution < 1.29 is 14.6 Å². The summed E-state index contributed by atoms with van der Waals surface area (Å²) in [5.74, 6) is 0.700. The molecule has 13 heavy (non-hydrogen) atoms. The number of hydrogen-bond acceptors (Lipinski definition) is 6. The highest BCUT2D eigenvalue weighted by molar-refractivity contribution is 5.29. The fourth-order valence-electron chi connectivity index (χ4n) is 0.750. The maximum Gasteiger partial charge on any atom is 0.226 e. The standard InChI is InChI=1S/C7H11N3O3/c1-12-5-4-6(13-3-2-11)10-7(8)9-5/h4,11H,2-3H2,1H3,(H2,8,9,10). The van der Waals surface area contributed by atoms with Crippen LogP contribution < -0.4 is 15.2 Å². The highest BCUT2D eigenvalue weighted by Gasteiger charge is 2.02. The van der Waals surface area contributed by atoms with Crippen LogP contribution in [0.3, 0.4) is 0 Å². The van der Waals surface area contributed by atoms with Crippen LogP contribution >= 0.6 is 0 Å². The van der Waals surface area contributed by atoms with Gasteiger partial charge >= 0.3 is 0 Å². The van der Waals surface area contributed by atoms with E-state index < -0.39 is 0 Å². The number of nitrogens with two attached hydrogens (primary N) is 1. The van der Waals surface area contributed by atoms with Gasteiger partial charge in [0.2, 0.25) is 17.7 Å². The molecule has 0 aliphatic carbocycles. The Balaban J connectivity index is 2.76. The highest BCUT2D eigenvalue weighted by Crippen LogP contribution is 2.15. The lowest BCUT2D eigenvalue weighted by atomic mass is 10.6. The number of aromatic nitrogens is 2. The summed E-state index contributed by atoms with van der Waals surface area (Å²) in [5.41, 5.74) is 5.36. The van der Waals surface area contributed by atoms with Crippen LogP contribution in [0.4, 0.5) is 5.95 Å². The first kappa shape index (κ1) is 9.53. The van der Waals surface area contributed by atoms with E-state index in [-0.39, 0.29) is 19.2 Å². The molecule has 0 atom stereocenters. The first-order valence-electron chi connectivity index (χ1n) is 3.68. The molecule has 0 aromatic carbocycles. The molecule has 1 rings (SSSR count). The maximum absolute atomic E-state index is 8.49. The molecule has 1 aromatic heterocycles. The Kier molecular flexibility index (Phi) is 3.27. The molecule has 0 fully saturated rings. The van der Waals surface area contributed by atoms with Crippen molar-refractivity contribution in [3.63, 3.8) is 0 Å². The first-order chi connectivity index (χ1) is 6.26. The molecule has 0 spiro atoms. The largest absolute Gasteiger partial charge is 0.481 e. The summed E-state index contributed by atoms with van der Waals surface area (Å²) in [7, 11) is 1.47. The van der Waals surface area contributed by atoms with Gasteiger partial charge < -0.3 is 20.3 Å². The summed E-state index contributed by atoms with van der Waals surface area (Å²) in [6, 6.07) is 1.49. The van der Waals surface area contributed by atoms with Crippen LogP contribution in [0.1, 0.15) is 0 Å².